The van der Waals surface area contributed by atoms with Crippen LogP contribution in [0, 0.1) is 5.92 Å². The number of hydrogen-bond acceptors (Lipinski definition) is 3. The van der Waals surface area contributed by atoms with Gasteiger partial charge in [0.2, 0.25) is 11.8 Å². The highest BCUT2D eigenvalue weighted by Gasteiger charge is 2.25. The van der Waals surface area contributed by atoms with Gasteiger partial charge in [-0.3, -0.25) is 9.59 Å². The summed E-state index contributed by atoms with van der Waals surface area (Å²) in [5.74, 6) is 1.00. The number of carbonyl (C=O) groups excluding carboxylic acids is 2. The van der Waals surface area contributed by atoms with Gasteiger partial charge in [-0.1, -0.05) is 29.8 Å². The molecule has 0 aromatic heterocycles. The minimum atomic E-state index is 0. The number of piperazine rings is 1. The Kier molecular flexibility index (Phi) is 8.87. The molecule has 2 aliphatic heterocycles. The van der Waals surface area contributed by atoms with Gasteiger partial charge in [0.25, 0.3) is 0 Å². The zero-order valence-electron chi connectivity index (χ0n) is 15.7. The number of halogens is 2. The molecule has 7 heteroatoms. The van der Waals surface area contributed by atoms with Crippen LogP contribution < -0.4 is 5.32 Å². The summed E-state index contributed by atoms with van der Waals surface area (Å²) in [5, 5.41) is 3.99. The molecule has 1 aromatic rings. The first-order chi connectivity index (χ1) is 12.6. The van der Waals surface area contributed by atoms with E-state index >= 15 is 0 Å². The highest BCUT2D eigenvalue weighted by Crippen LogP contribution is 2.19. The molecule has 2 amide bonds. The molecule has 0 atom stereocenters. The summed E-state index contributed by atoms with van der Waals surface area (Å²) in [6.07, 6.45) is 4.31. The molecule has 0 unspecified atom stereocenters. The molecule has 1 aromatic carbocycles. The van der Waals surface area contributed by atoms with Gasteiger partial charge in [-0.2, -0.15) is 0 Å². The topological polar surface area (TPSA) is 52.7 Å². The second-order valence-corrected chi connectivity index (χ2v) is 7.67. The van der Waals surface area contributed by atoms with Crippen LogP contribution in [0.2, 0.25) is 5.02 Å². The van der Waals surface area contributed by atoms with E-state index in [1.165, 1.54) is 12.8 Å². The summed E-state index contributed by atoms with van der Waals surface area (Å²) in [7, 11) is 0. The van der Waals surface area contributed by atoms with E-state index in [2.05, 4.69) is 5.32 Å². The van der Waals surface area contributed by atoms with Crippen molar-refractivity contribution < 1.29 is 9.59 Å². The Morgan fingerprint density at radius 3 is 2.22 bits per heavy atom. The van der Waals surface area contributed by atoms with Crippen molar-refractivity contribution in [3.63, 3.8) is 0 Å². The van der Waals surface area contributed by atoms with Crippen LogP contribution in [0.25, 0.3) is 0 Å². The lowest BCUT2D eigenvalue weighted by Crippen LogP contribution is -2.51. The molecule has 3 rings (SSSR count). The molecule has 2 aliphatic rings. The van der Waals surface area contributed by atoms with Gasteiger partial charge in [0.15, 0.2) is 0 Å². The predicted molar refractivity (Wildman–Crippen MR) is 110 cm³/mol. The summed E-state index contributed by atoms with van der Waals surface area (Å²) in [6.45, 7) is 4.65. The van der Waals surface area contributed by atoms with Gasteiger partial charge in [0, 0.05) is 37.6 Å². The molecular formula is C20H29Cl2N3O2. The molecule has 2 fully saturated rings. The number of amides is 2. The monoisotopic (exact) mass is 413 g/mol. The maximum Gasteiger partial charge on any atom is 0.227 e. The Bertz CT molecular complexity index is 627. The lowest BCUT2D eigenvalue weighted by molar-refractivity contribution is -0.139. The predicted octanol–water partition coefficient (Wildman–Crippen LogP) is 2.75. The van der Waals surface area contributed by atoms with Crippen molar-refractivity contribution in [2.75, 3.05) is 39.3 Å². The first-order valence-corrected chi connectivity index (χ1v) is 10.0. The summed E-state index contributed by atoms with van der Waals surface area (Å²) in [6, 6.07) is 7.46. The van der Waals surface area contributed by atoms with Crippen LogP contribution in [-0.4, -0.2) is 60.9 Å². The first-order valence-electron chi connectivity index (χ1n) is 9.63. The average Bonchev–Trinajstić information content (AvgIpc) is 2.69. The number of benzene rings is 1. The van der Waals surface area contributed by atoms with Crippen LogP contribution in [0.5, 0.6) is 0 Å². The van der Waals surface area contributed by atoms with Crippen molar-refractivity contribution in [1.82, 2.24) is 15.1 Å². The first kappa shape index (κ1) is 22.0. The molecule has 150 valence electrons. The second-order valence-electron chi connectivity index (χ2n) is 7.26. The molecule has 0 bridgehead atoms. The minimum Gasteiger partial charge on any atom is -0.339 e. The van der Waals surface area contributed by atoms with Crippen molar-refractivity contribution in [3.8, 4) is 0 Å². The summed E-state index contributed by atoms with van der Waals surface area (Å²) in [4.78, 5) is 28.7. The fraction of sp³-hybridized carbons (Fsp3) is 0.600. The van der Waals surface area contributed by atoms with Gasteiger partial charge in [-0.15, -0.1) is 12.4 Å². The molecular weight excluding hydrogens is 385 g/mol. The number of rotatable bonds is 5. The summed E-state index contributed by atoms with van der Waals surface area (Å²) in [5.41, 5.74) is 0.861. The zero-order valence-corrected chi connectivity index (χ0v) is 17.2. The highest BCUT2D eigenvalue weighted by atomic mass is 35.5. The second kappa shape index (κ2) is 10.9. The van der Waals surface area contributed by atoms with Gasteiger partial charge in [0.05, 0.1) is 6.42 Å². The Morgan fingerprint density at radius 1 is 1.00 bits per heavy atom. The summed E-state index contributed by atoms with van der Waals surface area (Å²) < 4.78 is 0. The minimum absolute atomic E-state index is 0. The van der Waals surface area contributed by atoms with E-state index in [9.17, 15) is 9.59 Å². The fourth-order valence-corrected chi connectivity index (χ4v) is 3.98. The Hall–Kier alpha value is -1.30. The van der Waals surface area contributed by atoms with E-state index in [-0.39, 0.29) is 24.2 Å². The quantitative estimate of drug-likeness (QED) is 0.806. The largest absolute Gasteiger partial charge is 0.339 e. The zero-order chi connectivity index (χ0) is 18.4. The van der Waals surface area contributed by atoms with Crippen molar-refractivity contribution in [1.29, 1.82) is 0 Å². The molecule has 5 nitrogen and oxygen atoms in total. The molecule has 0 spiro atoms. The van der Waals surface area contributed by atoms with E-state index in [4.69, 9.17) is 11.6 Å². The maximum absolute atomic E-state index is 12.5. The smallest absolute Gasteiger partial charge is 0.227 e. The number of nitrogens with one attached hydrogen (secondary N) is 1. The van der Waals surface area contributed by atoms with Crippen LogP contribution in [0.15, 0.2) is 24.3 Å². The Balaban J connectivity index is 0.00000261. The standard InChI is InChI=1S/C20H28ClN3O2.ClH/c21-18-4-2-1-3-17(18)15-20(26)24-13-11-23(12-14-24)19(25)6-5-16-7-9-22-10-8-16;/h1-4,16,22H,5-15H2;1H. The molecule has 0 radical (unpaired) electrons. The van der Waals surface area contributed by atoms with Crippen molar-refractivity contribution in [2.24, 2.45) is 5.92 Å². The third-order valence-electron chi connectivity index (χ3n) is 5.51. The van der Waals surface area contributed by atoms with E-state index in [0.717, 1.165) is 25.1 Å². The van der Waals surface area contributed by atoms with Crippen LogP contribution >= 0.6 is 24.0 Å². The average molecular weight is 414 g/mol. The number of nitrogens with zero attached hydrogens (tertiary/aromatic N) is 2. The number of piperidine rings is 1. The van der Waals surface area contributed by atoms with Crippen LogP contribution in [-0.2, 0) is 16.0 Å². The normalized spacial score (nSPS) is 18.1. The number of hydrogen-bond donors (Lipinski definition) is 1. The summed E-state index contributed by atoms with van der Waals surface area (Å²) >= 11 is 6.14. The molecule has 27 heavy (non-hydrogen) atoms. The molecule has 0 saturated carbocycles. The number of carbonyl (C=O) groups is 2. The Morgan fingerprint density at radius 2 is 1.59 bits per heavy atom. The lowest BCUT2D eigenvalue weighted by Gasteiger charge is -2.35. The molecule has 1 N–H and O–H groups in total. The van der Waals surface area contributed by atoms with Crippen LogP contribution in [0.3, 0.4) is 0 Å². The van der Waals surface area contributed by atoms with Crippen molar-refractivity contribution >= 4 is 35.8 Å². The lowest BCUT2D eigenvalue weighted by atomic mass is 9.93. The third-order valence-corrected chi connectivity index (χ3v) is 5.88. The van der Waals surface area contributed by atoms with E-state index < -0.39 is 0 Å². The van der Waals surface area contributed by atoms with E-state index in [1.807, 2.05) is 34.1 Å². The van der Waals surface area contributed by atoms with Gasteiger partial charge in [-0.05, 0) is 49.9 Å². The maximum atomic E-state index is 12.5. The van der Waals surface area contributed by atoms with Crippen molar-refractivity contribution in [3.05, 3.63) is 34.9 Å². The van der Waals surface area contributed by atoms with Gasteiger partial charge < -0.3 is 15.1 Å². The van der Waals surface area contributed by atoms with Gasteiger partial charge in [0.1, 0.15) is 0 Å². The Labute approximate surface area is 172 Å². The third kappa shape index (κ3) is 6.37. The molecule has 2 saturated heterocycles. The van der Waals surface area contributed by atoms with Gasteiger partial charge in [-0.25, -0.2) is 0 Å². The highest BCUT2D eigenvalue weighted by molar-refractivity contribution is 6.31. The SMILES string of the molecule is Cl.O=C(CCC1CCNCC1)N1CCN(C(=O)Cc2ccccc2Cl)CC1. The van der Waals surface area contributed by atoms with Gasteiger partial charge >= 0.3 is 0 Å². The van der Waals surface area contributed by atoms with Crippen LogP contribution in [0.1, 0.15) is 31.2 Å². The van der Waals surface area contributed by atoms with Crippen LogP contribution in [0.4, 0.5) is 0 Å². The fourth-order valence-electron chi connectivity index (χ4n) is 3.78. The van der Waals surface area contributed by atoms with Crippen molar-refractivity contribution in [2.45, 2.75) is 32.1 Å². The van der Waals surface area contributed by atoms with E-state index in [1.54, 1.807) is 0 Å². The molecule has 0 aliphatic carbocycles. The molecule has 2 heterocycles. The van der Waals surface area contributed by atoms with E-state index in [0.29, 0.717) is 50.0 Å².